The quantitative estimate of drug-likeness (QED) is 0.837. The fourth-order valence-corrected chi connectivity index (χ4v) is 3.80. The van der Waals surface area contributed by atoms with Crippen LogP contribution in [0.1, 0.15) is 48.5 Å². The Morgan fingerprint density at radius 3 is 2.12 bits per heavy atom. The molecule has 3 rings (SSSR count). The van der Waals surface area contributed by atoms with Crippen LogP contribution in [0, 0.1) is 18.8 Å². The number of rotatable bonds is 2. The average Bonchev–Trinajstić information content (AvgIpc) is 2.62. The third-order valence-corrected chi connectivity index (χ3v) is 5.60. The van der Waals surface area contributed by atoms with Crippen LogP contribution in [-0.4, -0.2) is 47.8 Å². The molecular formula is C20H28N2O2. The molecule has 4 nitrogen and oxygen atoms in total. The lowest BCUT2D eigenvalue weighted by Gasteiger charge is -2.37. The monoisotopic (exact) mass is 328 g/mol. The van der Waals surface area contributed by atoms with E-state index in [9.17, 15) is 9.59 Å². The minimum absolute atomic E-state index is 0.0966. The van der Waals surface area contributed by atoms with E-state index in [1.54, 1.807) is 0 Å². The SMILES string of the molecule is Cc1ccccc1C(=O)N1CCC(C(=O)N2CCC(C)CC2)CC1. The van der Waals surface area contributed by atoms with Crippen molar-refractivity contribution in [1.82, 2.24) is 9.80 Å². The van der Waals surface area contributed by atoms with E-state index in [4.69, 9.17) is 0 Å². The molecule has 2 heterocycles. The predicted molar refractivity (Wildman–Crippen MR) is 94.8 cm³/mol. The summed E-state index contributed by atoms with van der Waals surface area (Å²) in [6.07, 6.45) is 3.83. The molecule has 2 aliphatic rings. The van der Waals surface area contributed by atoms with Gasteiger partial charge in [0.05, 0.1) is 0 Å². The summed E-state index contributed by atoms with van der Waals surface area (Å²) in [6.45, 7) is 7.42. The van der Waals surface area contributed by atoms with Crippen molar-refractivity contribution in [2.75, 3.05) is 26.2 Å². The Hall–Kier alpha value is -1.84. The van der Waals surface area contributed by atoms with Gasteiger partial charge in [-0.2, -0.15) is 0 Å². The number of likely N-dealkylation sites (tertiary alicyclic amines) is 2. The number of hydrogen-bond donors (Lipinski definition) is 0. The molecule has 0 spiro atoms. The summed E-state index contributed by atoms with van der Waals surface area (Å²) in [7, 11) is 0. The van der Waals surface area contributed by atoms with Gasteiger partial charge < -0.3 is 9.80 Å². The molecule has 2 saturated heterocycles. The van der Waals surface area contributed by atoms with Gasteiger partial charge in [0.2, 0.25) is 5.91 Å². The second kappa shape index (κ2) is 7.37. The molecule has 24 heavy (non-hydrogen) atoms. The van der Waals surface area contributed by atoms with Crippen molar-refractivity contribution < 1.29 is 9.59 Å². The van der Waals surface area contributed by atoms with Crippen LogP contribution < -0.4 is 0 Å². The molecule has 0 atom stereocenters. The largest absolute Gasteiger partial charge is 0.342 e. The first kappa shape index (κ1) is 17.0. The van der Waals surface area contributed by atoms with Gasteiger partial charge >= 0.3 is 0 Å². The van der Waals surface area contributed by atoms with Gasteiger partial charge in [0, 0.05) is 37.7 Å². The highest BCUT2D eigenvalue weighted by Gasteiger charge is 2.31. The number of carbonyl (C=O) groups is 2. The Kier molecular flexibility index (Phi) is 5.22. The van der Waals surface area contributed by atoms with Crippen molar-refractivity contribution >= 4 is 11.8 Å². The standard InChI is InChI=1S/C20H28N2O2/c1-15-7-11-21(12-8-15)19(23)17-9-13-22(14-10-17)20(24)18-6-4-3-5-16(18)2/h3-6,15,17H,7-14H2,1-2H3. The van der Waals surface area contributed by atoms with Gasteiger partial charge in [0.25, 0.3) is 5.91 Å². The third-order valence-electron chi connectivity index (χ3n) is 5.60. The highest BCUT2D eigenvalue weighted by Crippen LogP contribution is 2.24. The number of nitrogens with zero attached hydrogens (tertiary/aromatic N) is 2. The van der Waals surface area contributed by atoms with Crippen molar-refractivity contribution in [1.29, 1.82) is 0 Å². The summed E-state index contributed by atoms with van der Waals surface area (Å²) in [6, 6.07) is 7.73. The van der Waals surface area contributed by atoms with E-state index in [2.05, 4.69) is 6.92 Å². The lowest BCUT2D eigenvalue weighted by atomic mass is 9.92. The molecule has 0 bridgehead atoms. The molecular weight excluding hydrogens is 300 g/mol. The highest BCUT2D eigenvalue weighted by atomic mass is 16.2. The summed E-state index contributed by atoms with van der Waals surface area (Å²) in [5.74, 6) is 1.25. The molecule has 0 saturated carbocycles. The van der Waals surface area contributed by atoms with Crippen LogP contribution >= 0.6 is 0 Å². The number of hydrogen-bond acceptors (Lipinski definition) is 2. The van der Waals surface area contributed by atoms with E-state index in [1.165, 1.54) is 0 Å². The summed E-state index contributed by atoms with van der Waals surface area (Å²) in [5, 5.41) is 0. The van der Waals surface area contributed by atoms with Crippen LogP contribution in [0.3, 0.4) is 0 Å². The first-order valence-corrected chi connectivity index (χ1v) is 9.20. The molecule has 2 amide bonds. The van der Waals surface area contributed by atoms with Gasteiger partial charge in [-0.1, -0.05) is 25.1 Å². The second-order valence-corrected chi connectivity index (χ2v) is 7.39. The zero-order valence-corrected chi connectivity index (χ0v) is 14.8. The van der Waals surface area contributed by atoms with E-state index < -0.39 is 0 Å². The summed E-state index contributed by atoms with van der Waals surface area (Å²) in [5.41, 5.74) is 1.80. The molecule has 0 aliphatic carbocycles. The molecule has 130 valence electrons. The van der Waals surface area contributed by atoms with Crippen LogP contribution in [0.15, 0.2) is 24.3 Å². The maximum Gasteiger partial charge on any atom is 0.254 e. The normalized spacial score (nSPS) is 20.2. The number of benzene rings is 1. The zero-order valence-electron chi connectivity index (χ0n) is 14.8. The first-order chi connectivity index (χ1) is 11.6. The van der Waals surface area contributed by atoms with E-state index in [-0.39, 0.29) is 11.8 Å². The van der Waals surface area contributed by atoms with E-state index >= 15 is 0 Å². The number of aryl methyl sites for hydroxylation is 1. The third kappa shape index (κ3) is 3.63. The van der Waals surface area contributed by atoms with Gasteiger partial charge in [-0.05, 0) is 50.2 Å². The van der Waals surface area contributed by atoms with Gasteiger partial charge in [-0.15, -0.1) is 0 Å². The van der Waals surface area contributed by atoms with Crippen molar-refractivity contribution in [3.05, 3.63) is 35.4 Å². The lowest BCUT2D eigenvalue weighted by molar-refractivity contribution is -0.138. The summed E-state index contributed by atoms with van der Waals surface area (Å²) in [4.78, 5) is 29.3. The molecule has 0 unspecified atom stereocenters. The first-order valence-electron chi connectivity index (χ1n) is 9.20. The van der Waals surface area contributed by atoms with E-state index in [1.807, 2.05) is 41.0 Å². The van der Waals surface area contributed by atoms with Crippen LogP contribution in [0.2, 0.25) is 0 Å². The number of amides is 2. The second-order valence-electron chi connectivity index (χ2n) is 7.39. The van der Waals surface area contributed by atoms with Crippen molar-refractivity contribution in [2.24, 2.45) is 11.8 Å². The van der Waals surface area contributed by atoms with Crippen LogP contribution in [0.5, 0.6) is 0 Å². The summed E-state index contributed by atoms with van der Waals surface area (Å²) < 4.78 is 0. The van der Waals surface area contributed by atoms with Crippen LogP contribution in [-0.2, 0) is 4.79 Å². The molecule has 4 heteroatoms. The molecule has 2 aliphatic heterocycles. The number of piperidine rings is 2. The van der Waals surface area contributed by atoms with Crippen molar-refractivity contribution in [2.45, 2.75) is 39.5 Å². The Bertz CT molecular complexity index is 597. The average molecular weight is 328 g/mol. The Balaban J connectivity index is 1.55. The van der Waals surface area contributed by atoms with Gasteiger partial charge in [0.1, 0.15) is 0 Å². The van der Waals surface area contributed by atoms with Gasteiger partial charge in [0.15, 0.2) is 0 Å². The van der Waals surface area contributed by atoms with E-state index in [0.29, 0.717) is 19.0 Å². The molecule has 1 aromatic rings. The Morgan fingerprint density at radius 2 is 1.50 bits per heavy atom. The van der Waals surface area contributed by atoms with Crippen LogP contribution in [0.4, 0.5) is 0 Å². The molecule has 0 N–H and O–H groups in total. The predicted octanol–water partition coefficient (Wildman–Crippen LogP) is 3.11. The number of carbonyl (C=O) groups excluding carboxylic acids is 2. The maximum atomic E-state index is 12.7. The molecule has 2 fully saturated rings. The van der Waals surface area contributed by atoms with Gasteiger partial charge in [-0.3, -0.25) is 9.59 Å². The fraction of sp³-hybridized carbons (Fsp3) is 0.600. The van der Waals surface area contributed by atoms with Gasteiger partial charge in [-0.25, -0.2) is 0 Å². The Labute approximate surface area is 144 Å². The zero-order chi connectivity index (χ0) is 17.1. The minimum Gasteiger partial charge on any atom is -0.342 e. The summed E-state index contributed by atoms with van der Waals surface area (Å²) >= 11 is 0. The maximum absolute atomic E-state index is 12.7. The molecule has 0 radical (unpaired) electrons. The smallest absolute Gasteiger partial charge is 0.254 e. The van der Waals surface area contributed by atoms with E-state index in [0.717, 1.165) is 55.8 Å². The topological polar surface area (TPSA) is 40.6 Å². The fourth-order valence-electron chi connectivity index (χ4n) is 3.80. The van der Waals surface area contributed by atoms with Crippen LogP contribution in [0.25, 0.3) is 0 Å². The molecule has 0 aromatic heterocycles. The Morgan fingerprint density at radius 1 is 0.917 bits per heavy atom. The van der Waals surface area contributed by atoms with Crippen molar-refractivity contribution in [3.63, 3.8) is 0 Å². The lowest BCUT2D eigenvalue weighted by Crippen LogP contribution is -2.46. The molecule has 1 aromatic carbocycles. The minimum atomic E-state index is 0.0966. The van der Waals surface area contributed by atoms with Crippen molar-refractivity contribution in [3.8, 4) is 0 Å². The highest BCUT2D eigenvalue weighted by molar-refractivity contribution is 5.95.